The van der Waals surface area contributed by atoms with E-state index in [1.54, 1.807) is 0 Å². The summed E-state index contributed by atoms with van der Waals surface area (Å²) >= 11 is 0. The van der Waals surface area contributed by atoms with Crippen molar-refractivity contribution in [3.8, 4) is 0 Å². The molecule has 2 aromatic carbocycles. The molecule has 2 aliphatic rings. The lowest BCUT2D eigenvalue weighted by Crippen LogP contribution is -2.37. The van der Waals surface area contributed by atoms with E-state index in [2.05, 4.69) is 42.2 Å². The first-order valence-electron chi connectivity index (χ1n) is 6.36. The van der Waals surface area contributed by atoms with E-state index in [4.69, 9.17) is 0 Å². The third-order valence-electron chi connectivity index (χ3n) is 4.38. The van der Waals surface area contributed by atoms with Crippen LogP contribution in [0.2, 0.25) is 0 Å². The van der Waals surface area contributed by atoms with Gasteiger partial charge in [0.1, 0.15) is 0 Å². The molecule has 0 bridgehead atoms. The third-order valence-corrected chi connectivity index (χ3v) is 4.38. The Hall–Kier alpha value is -1.80. The van der Waals surface area contributed by atoms with Crippen LogP contribution in [0, 0.1) is 0 Å². The summed E-state index contributed by atoms with van der Waals surface area (Å²) in [5, 5.41) is 10.6. The first-order valence-corrected chi connectivity index (χ1v) is 6.36. The molecule has 0 fully saturated rings. The number of hydrogen-bond acceptors (Lipinski definition) is 2. The third kappa shape index (κ3) is 1.02. The Morgan fingerprint density at radius 2 is 1.83 bits per heavy atom. The van der Waals surface area contributed by atoms with Crippen molar-refractivity contribution in [1.82, 2.24) is 0 Å². The lowest BCUT2D eigenvalue weighted by Gasteiger charge is -2.32. The van der Waals surface area contributed by atoms with Gasteiger partial charge in [0.25, 0.3) is 0 Å². The second-order valence-corrected chi connectivity index (χ2v) is 5.41. The Morgan fingerprint density at radius 3 is 2.72 bits per heavy atom. The van der Waals surface area contributed by atoms with Crippen LogP contribution in [0.15, 0.2) is 48.5 Å². The van der Waals surface area contributed by atoms with Crippen LogP contribution in [-0.4, -0.2) is 5.11 Å². The summed E-state index contributed by atoms with van der Waals surface area (Å²) in [7, 11) is 0. The van der Waals surface area contributed by atoms with Gasteiger partial charge >= 0.3 is 0 Å². The highest BCUT2D eigenvalue weighted by Gasteiger charge is 2.50. The molecule has 2 nitrogen and oxygen atoms in total. The first kappa shape index (κ1) is 10.2. The van der Waals surface area contributed by atoms with Crippen molar-refractivity contribution in [3.05, 3.63) is 65.2 Å². The molecule has 0 aromatic heterocycles. The fraction of sp³-hybridized carbons (Fsp3) is 0.250. The Bertz CT molecular complexity index is 636. The van der Waals surface area contributed by atoms with Crippen molar-refractivity contribution >= 4 is 5.69 Å². The van der Waals surface area contributed by atoms with E-state index in [0.717, 1.165) is 12.0 Å². The highest BCUT2D eigenvalue weighted by molar-refractivity contribution is 5.68. The summed E-state index contributed by atoms with van der Waals surface area (Å²) in [6.07, 6.45) is 0.451. The molecule has 4 rings (SSSR count). The van der Waals surface area contributed by atoms with Crippen LogP contribution in [0.3, 0.4) is 0 Å². The summed E-state index contributed by atoms with van der Waals surface area (Å²) in [5.74, 6) is 0. The molecule has 2 heterocycles. The van der Waals surface area contributed by atoms with Crippen LogP contribution >= 0.6 is 0 Å². The Kier molecular flexibility index (Phi) is 1.78. The van der Waals surface area contributed by atoms with Gasteiger partial charge in [-0.15, -0.1) is 0 Å². The van der Waals surface area contributed by atoms with Crippen molar-refractivity contribution in [2.75, 3.05) is 4.90 Å². The lowest BCUT2D eigenvalue weighted by atomic mass is 9.88. The molecule has 2 atom stereocenters. The van der Waals surface area contributed by atoms with Crippen molar-refractivity contribution in [2.24, 2.45) is 0 Å². The van der Waals surface area contributed by atoms with Gasteiger partial charge < -0.3 is 10.0 Å². The van der Waals surface area contributed by atoms with Gasteiger partial charge in [-0.3, -0.25) is 0 Å². The SMILES string of the molecule is C[C@]12Cc3ccccc3N1C(O)c1ccccc12. The molecule has 2 aromatic rings. The van der Waals surface area contributed by atoms with E-state index < -0.39 is 6.23 Å². The van der Waals surface area contributed by atoms with Crippen molar-refractivity contribution in [3.63, 3.8) is 0 Å². The summed E-state index contributed by atoms with van der Waals surface area (Å²) in [6.45, 7) is 2.22. The molecule has 2 aliphatic heterocycles. The zero-order valence-electron chi connectivity index (χ0n) is 10.3. The summed E-state index contributed by atoms with van der Waals surface area (Å²) < 4.78 is 0. The number of rotatable bonds is 0. The minimum Gasteiger partial charge on any atom is -0.369 e. The Morgan fingerprint density at radius 1 is 1.11 bits per heavy atom. The number of benzene rings is 2. The zero-order valence-corrected chi connectivity index (χ0v) is 10.3. The first-order chi connectivity index (χ1) is 8.72. The molecule has 0 amide bonds. The fourth-order valence-electron chi connectivity index (χ4n) is 3.60. The van der Waals surface area contributed by atoms with Crippen LogP contribution < -0.4 is 4.90 Å². The normalized spacial score (nSPS) is 27.9. The highest BCUT2D eigenvalue weighted by atomic mass is 16.3. The predicted molar refractivity (Wildman–Crippen MR) is 71.4 cm³/mol. The lowest BCUT2D eigenvalue weighted by molar-refractivity contribution is 0.165. The summed E-state index contributed by atoms with van der Waals surface area (Å²) in [4.78, 5) is 2.16. The van der Waals surface area contributed by atoms with Crippen LogP contribution in [0.4, 0.5) is 5.69 Å². The van der Waals surface area contributed by atoms with Gasteiger partial charge in [0.15, 0.2) is 6.23 Å². The van der Waals surface area contributed by atoms with Crippen molar-refractivity contribution in [2.45, 2.75) is 25.1 Å². The number of hydrogen-bond donors (Lipinski definition) is 1. The number of fused-ring (bicyclic) bond motifs is 5. The second kappa shape index (κ2) is 3.15. The standard InChI is InChI=1S/C16H15NO/c1-16-10-11-6-2-5-9-14(11)17(16)15(18)12-7-3-4-8-13(12)16/h2-9,15,18H,10H2,1H3/t15?,16-/m1/s1. The van der Waals surface area contributed by atoms with E-state index in [0.29, 0.717) is 0 Å². The minimum absolute atomic E-state index is 0.0975. The molecule has 0 aliphatic carbocycles. The number of anilines is 1. The molecule has 0 radical (unpaired) electrons. The molecule has 1 unspecified atom stereocenters. The molecule has 0 saturated carbocycles. The van der Waals surface area contributed by atoms with Gasteiger partial charge in [0.05, 0.1) is 5.54 Å². The smallest absolute Gasteiger partial charge is 0.154 e. The number of aliphatic hydroxyl groups is 1. The molecule has 90 valence electrons. The number of nitrogens with zero attached hydrogens (tertiary/aromatic N) is 1. The van der Waals surface area contributed by atoms with E-state index in [1.807, 2.05) is 18.2 Å². The van der Waals surface area contributed by atoms with Gasteiger partial charge in [-0.1, -0.05) is 42.5 Å². The van der Waals surface area contributed by atoms with E-state index in [9.17, 15) is 5.11 Å². The number of para-hydroxylation sites is 1. The van der Waals surface area contributed by atoms with Crippen LogP contribution in [-0.2, 0) is 12.0 Å². The summed E-state index contributed by atoms with van der Waals surface area (Å²) in [5.41, 5.74) is 4.71. The molecular weight excluding hydrogens is 222 g/mol. The monoisotopic (exact) mass is 237 g/mol. The molecule has 0 saturated heterocycles. The van der Waals surface area contributed by atoms with E-state index in [-0.39, 0.29) is 5.54 Å². The quantitative estimate of drug-likeness (QED) is 0.761. The molecule has 2 heteroatoms. The predicted octanol–water partition coefficient (Wildman–Crippen LogP) is 2.97. The number of aliphatic hydroxyl groups excluding tert-OH is 1. The molecule has 18 heavy (non-hydrogen) atoms. The van der Waals surface area contributed by atoms with E-state index in [1.165, 1.54) is 16.8 Å². The molecule has 0 spiro atoms. The minimum atomic E-state index is -0.519. The van der Waals surface area contributed by atoms with Gasteiger partial charge in [-0.2, -0.15) is 0 Å². The Balaban J connectivity index is 1.98. The second-order valence-electron chi connectivity index (χ2n) is 5.41. The highest BCUT2D eigenvalue weighted by Crippen LogP contribution is 2.54. The average molecular weight is 237 g/mol. The van der Waals surface area contributed by atoms with Gasteiger partial charge in [0, 0.05) is 17.7 Å². The fourth-order valence-corrected chi connectivity index (χ4v) is 3.60. The maximum atomic E-state index is 10.6. The van der Waals surface area contributed by atoms with Gasteiger partial charge in [-0.25, -0.2) is 0 Å². The zero-order chi connectivity index (χ0) is 12.3. The van der Waals surface area contributed by atoms with Gasteiger partial charge in [0.2, 0.25) is 0 Å². The maximum absolute atomic E-state index is 10.6. The molecule has 1 N–H and O–H groups in total. The summed E-state index contributed by atoms with van der Waals surface area (Å²) in [6, 6.07) is 16.6. The van der Waals surface area contributed by atoms with Crippen LogP contribution in [0.5, 0.6) is 0 Å². The van der Waals surface area contributed by atoms with Gasteiger partial charge in [-0.05, 0) is 24.1 Å². The molecular formula is C16H15NO. The Labute approximate surface area is 106 Å². The topological polar surface area (TPSA) is 23.5 Å². The van der Waals surface area contributed by atoms with E-state index >= 15 is 0 Å². The largest absolute Gasteiger partial charge is 0.369 e. The average Bonchev–Trinajstić information content (AvgIpc) is 2.81. The van der Waals surface area contributed by atoms with Crippen molar-refractivity contribution < 1.29 is 5.11 Å². The maximum Gasteiger partial charge on any atom is 0.154 e. The van der Waals surface area contributed by atoms with Crippen molar-refractivity contribution in [1.29, 1.82) is 0 Å². The van der Waals surface area contributed by atoms with Crippen LogP contribution in [0.25, 0.3) is 0 Å². The van der Waals surface area contributed by atoms with Crippen LogP contribution in [0.1, 0.15) is 29.8 Å².